The first-order chi connectivity index (χ1) is 64.2. The normalized spacial score (nSPS) is 10.5. The molecule has 724 valence electrons. The summed E-state index contributed by atoms with van der Waals surface area (Å²) in [6, 6.07) is 115. The minimum Gasteiger partial charge on any atom is -0.400 e. The van der Waals surface area contributed by atoms with Gasteiger partial charge in [0, 0.05) is 104 Å². The van der Waals surface area contributed by atoms with Crippen LogP contribution in [0.2, 0.25) is 0 Å². The average molecular weight is 2500 g/mol. The molecule has 0 aliphatic heterocycles. The molecule has 142 heavy (non-hydrogen) atoms. The molecule has 14 aromatic carbocycles. The Kier molecular flexibility index (Phi) is 94.7. The molecule has 0 amide bonds. The molecule has 18 nitrogen and oxygen atoms in total. The molecule has 0 aliphatic rings. The van der Waals surface area contributed by atoms with Crippen molar-refractivity contribution in [1.29, 1.82) is 0 Å². The van der Waals surface area contributed by atoms with Crippen LogP contribution >= 0.6 is 59.0 Å². The van der Waals surface area contributed by atoms with Crippen molar-refractivity contribution in [2.24, 2.45) is 0 Å². The number of aliphatic hydroxyl groups is 2. The van der Waals surface area contributed by atoms with E-state index >= 15 is 0 Å². The van der Waals surface area contributed by atoms with Gasteiger partial charge in [-0.1, -0.05) is 382 Å². The number of hydrogen-bond acceptors (Lipinski definition) is 10. The van der Waals surface area contributed by atoms with E-state index < -0.39 is 59.0 Å². The first-order valence-electron chi connectivity index (χ1n) is 45.2. The standard InChI is InChI=1S/C20H15O2P.C14H15O2P.4C12H11O2P.C8H19O2P.C6H15O2P.2C3H8.2C2H6.2CH4O.8Zn/c21-23(22,18-13-12-15-6-1-2-8-17(15)14-18)20-11-5-9-16-7-3-4-10-19(16)20;15-17(16,11-13-7-3-1-4-8-13)12-14-9-5-2-6-10-14;4*13-15(14,11-7-3-1-4-8-11)12-9-5-2-6-10-12;1-3-5-7-11(9,10)8-6-4-2;1-3-5-9(7,8)6-4-2;2*1-3-2;4*1-2;;;;;;;;/h1-14H,(H,21,22);1-10H,11-12H2,(H,15,16);4*1-10H,(H,13,14);3-8H2,1-2H3,(H,9,10);3-6H2,1-2H3,(H,7,8);2*3H2,1-2H3;2*1-2H3;2*2H,1H3;;;;;;;;/q;;;;;;;;;;;;;;8*+2. The number of unbranched alkanes of at least 4 members (excludes halogenated alkanes) is 2. The Labute approximate surface area is 950 Å². The Hall–Kier alpha value is -3.97. The summed E-state index contributed by atoms with van der Waals surface area (Å²) in [5.41, 5.74) is 1.82. The van der Waals surface area contributed by atoms with Crippen LogP contribution in [0.1, 0.15) is 146 Å². The zero-order chi connectivity index (χ0) is 100. The topological polar surface area (TPSA) is 339 Å². The van der Waals surface area contributed by atoms with E-state index in [4.69, 9.17) is 15.1 Å². The maximum atomic E-state index is 13.2. The number of fused-ring (bicyclic) bond motifs is 2. The van der Waals surface area contributed by atoms with Gasteiger partial charge in [0.05, 0.1) is 0 Å². The zero-order valence-electron chi connectivity index (χ0n) is 85.8. The third-order valence-electron chi connectivity index (χ3n) is 18.4. The van der Waals surface area contributed by atoms with Crippen LogP contribution < -0.4 is 53.0 Å². The van der Waals surface area contributed by atoms with E-state index in [9.17, 15) is 70.8 Å². The van der Waals surface area contributed by atoms with E-state index in [-0.39, 0.29) is 168 Å². The van der Waals surface area contributed by atoms with E-state index in [2.05, 4.69) is 27.7 Å². The quantitative estimate of drug-likeness (QED) is 0.0198. The number of aliphatic hydroxyl groups excluding tert-OH is 2. The summed E-state index contributed by atoms with van der Waals surface area (Å²) >= 11 is 0. The van der Waals surface area contributed by atoms with Crippen LogP contribution in [0.25, 0.3) is 21.5 Å². The molecular weight excluding hydrogens is 2360 g/mol. The third kappa shape index (κ3) is 59.0. The Morgan fingerprint density at radius 3 is 0.641 bits per heavy atom. The van der Waals surface area contributed by atoms with E-state index in [1.165, 1.54) is 12.8 Å². The molecule has 0 bridgehead atoms. The molecule has 1 unspecified atom stereocenters. The van der Waals surface area contributed by atoms with Crippen LogP contribution in [-0.4, -0.2) is 88.2 Å². The fourth-order valence-electron chi connectivity index (χ4n) is 12.1. The van der Waals surface area contributed by atoms with Gasteiger partial charge in [0.25, 0.3) is 36.8 Å². The van der Waals surface area contributed by atoms with Crippen LogP contribution in [0.5, 0.6) is 0 Å². The van der Waals surface area contributed by atoms with Crippen molar-refractivity contribution in [2.45, 2.75) is 147 Å². The fourth-order valence-corrected chi connectivity index (χ4v) is 24.8. The summed E-state index contributed by atoms with van der Waals surface area (Å²) in [6.45, 7) is 24.4. The molecule has 0 saturated carbocycles. The molecule has 0 aromatic heterocycles. The van der Waals surface area contributed by atoms with E-state index in [1.807, 2.05) is 237 Å². The molecule has 0 spiro atoms. The second-order valence-electron chi connectivity index (χ2n) is 29.4. The number of rotatable bonds is 24. The molecule has 0 aliphatic carbocycles. The van der Waals surface area contributed by atoms with Crippen LogP contribution in [-0.2, 0) is 205 Å². The minimum absolute atomic E-state index is 0. The number of hydrogen-bond donors (Lipinski definition) is 10. The summed E-state index contributed by atoms with van der Waals surface area (Å²) in [5, 5.41) is 22.5. The third-order valence-corrected chi connectivity index (χ3v) is 34.5. The molecule has 34 heteroatoms. The van der Waals surface area contributed by atoms with Crippen LogP contribution in [0, 0.1) is 0 Å². The molecule has 0 saturated heterocycles. The maximum absolute atomic E-state index is 13.2. The van der Waals surface area contributed by atoms with Crippen molar-refractivity contribution in [3.63, 3.8) is 0 Å². The Morgan fingerprint density at radius 1 is 0.197 bits per heavy atom. The number of benzene rings is 14. The minimum atomic E-state index is -3.65. The van der Waals surface area contributed by atoms with Gasteiger partial charge in [-0.2, -0.15) is 0 Å². The first kappa shape index (κ1) is 153. The molecular formula is C108H144O18P8Zn8+16. The molecule has 0 heterocycles. The smallest absolute Gasteiger partial charge is 0.400 e. The average Bonchev–Trinajstić information content (AvgIpc) is 0.762. The predicted molar refractivity (Wildman–Crippen MR) is 575 cm³/mol. The largest absolute Gasteiger partial charge is 2.00 e. The van der Waals surface area contributed by atoms with Crippen molar-refractivity contribution in [1.82, 2.24) is 0 Å². The van der Waals surface area contributed by atoms with Crippen LogP contribution in [0.3, 0.4) is 0 Å². The summed E-state index contributed by atoms with van der Waals surface area (Å²) < 4.78 is 96.3. The van der Waals surface area contributed by atoms with Gasteiger partial charge < -0.3 is 49.4 Å². The molecule has 0 radical (unpaired) electrons. The second-order valence-corrected chi connectivity index (χ2v) is 47.8. The van der Waals surface area contributed by atoms with Gasteiger partial charge in [0.1, 0.15) is 0 Å². The monoisotopic (exact) mass is 2490 g/mol. The Bertz CT molecular complexity index is 5220. The summed E-state index contributed by atoms with van der Waals surface area (Å²) in [5.74, 6) is 0. The predicted octanol–water partition coefficient (Wildman–Crippen LogP) is 24.5. The van der Waals surface area contributed by atoms with Gasteiger partial charge in [-0.15, -0.1) is 0 Å². The molecule has 0 fully saturated rings. The summed E-state index contributed by atoms with van der Waals surface area (Å²) in [4.78, 5) is 79.3. The van der Waals surface area contributed by atoms with E-state index in [0.717, 1.165) is 85.4 Å². The van der Waals surface area contributed by atoms with Crippen molar-refractivity contribution >= 4 is 134 Å². The van der Waals surface area contributed by atoms with Crippen molar-refractivity contribution < 1.29 is 242 Å². The van der Waals surface area contributed by atoms with Gasteiger partial charge in [-0.3, -0.25) is 36.5 Å². The molecule has 1 atom stereocenters. The fraction of sp³-hybridized carbons (Fsp3) is 0.259. The van der Waals surface area contributed by atoms with Gasteiger partial charge in [-0.05, 0) is 174 Å². The van der Waals surface area contributed by atoms with Crippen molar-refractivity contribution in [2.75, 3.05) is 38.9 Å². The second kappa shape index (κ2) is 87.7. The van der Waals surface area contributed by atoms with Gasteiger partial charge >= 0.3 is 156 Å². The summed E-state index contributed by atoms with van der Waals surface area (Å²) in [7, 11) is -23.8. The van der Waals surface area contributed by atoms with E-state index in [0.29, 0.717) is 77.7 Å². The maximum Gasteiger partial charge on any atom is 2.00 e. The molecule has 10 N–H and O–H groups in total. The zero-order valence-corrected chi connectivity index (χ0v) is 117. The van der Waals surface area contributed by atoms with Gasteiger partial charge in [0.15, 0.2) is 0 Å². The summed E-state index contributed by atoms with van der Waals surface area (Å²) in [6.07, 6.45) is 10.4. The Balaban J connectivity index is -0.000000237. The van der Waals surface area contributed by atoms with Crippen molar-refractivity contribution in [3.8, 4) is 0 Å². The van der Waals surface area contributed by atoms with Crippen LogP contribution in [0.4, 0.5) is 0 Å². The SMILES string of the molecule is CC.CC.CCC.CCC.CCCCP(=O)(O)CCCC.CCCP(=O)(O)CCC.CO.CO.O=P(O)(Cc1ccccc1)Cc1ccccc1.O=P(O)(c1ccc2ccccc2c1)c1cccc2ccccc12.O=P(O)(c1ccccc1)c1ccccc1.O=P(O)(c1ccccc1)c1ccccc1.O=P(O)(c1ccccc1)c1ccccc1.O=P(O)(c1ccccc1)c1ccccc1.[Zn+2].[Zn+2].[Zn+2].[Zn+2].[Zn+2].[Zn+2].[Zn+2].[Zn+2]. The first-order valence-corrected chi connectivity index (χ1v) is 59.6. The van der Waals surface area contributed by atoms with Crippen LogP contribution in [0.15, 0.2) is 388 Å². The Morgan fingerprint density at radius 2 is 0.401 bits per heavy atom. The van der Waals surface area contributed by atoms with E-state index in [1.54, 1.807) is 206 Å². The van der Waals surface area contributed by atoms with Gasteiger partial charge in [0.2, 0.25) is 22.1 Å². The molecule has 14 aromatic rings. The van der Waals surface area contributed by atoms with Crippen molar-refractivity contribution in [3.05, 3.63) is 399 Å². The van der Waals surface area contributed by atoms with Gasteiger partial charge in [-0.25, -0.2) is 0 Å². The molecule has 14 rings (SSSR count).